The molecule has 1 atom stereocenters. The van der Waals surface area contributed by atoms with Gasteiger partial charge >= 0.3 is 190 Å². The van der Waals surface area contributed by atoms with Gasteiger partial charge in [-0.25, -0.2) is 0 Å². The standard InChI is InChI=1S/C25H25BrOSeSi/c1-29(22-13-7-3-8-14-22,23-15-9-4-10-16-23)25-24(26)18-17-20(27-25)19-28-21-11-5-2-6-12-21/h2-16,20H,17-19H2,1H3. The van der Waals surface area contributed by atoms with Gasteiger partial charge in [0, 0.05) is 0 Å². The maximum absolute atomic E-state index is 6.80. The molecule has 0 amide bonds. The molecule has 0 bridgehead atoms. The number of hydrogen-bond acceptors (Lipinski definition) is 1. The van der Waals surface area contributed by atoms with E-state index >= 15 is 0 Å². The SMILES string of the molecule is C[Si](C1=C(Br)CCC(C[Se]c2ccccc2)O1)(c1ccccc1)c1ccccc1. The molecule has 0 saturated heterocycles. The van der Waals surface area contributed by atoms with E-state index in [-0.39, 0.29) is 0 Å². The van der Waals surface area contributed by atoms with Crippen LogP contribution in [0, 0.1) is 0 Å². The molecule has 0 aromatic heterocycles. The number of rotatable bonds is 6. The molecule has 1 heterocycles. The van der Waals surface area contributed by atoms with Crippen molar-refractivity contribution in [2.45, 2.75) is 30.8 Å². The van der Waals surface area contributed by atoms with E-state index in [1.54, 1.807) is 0 Å². The van der Waals surface area contributed by atoms with Gasteiger partial charge in [0.15, 0.2) is 0 Å². The van der Waals surface area contributed by atoms with Crippen LogP contribution in [0.2, 0.25) is 11.9 Å². The molecule has 0 radical (unpaired) electrons. The average Bonchev–Trinajstić information content (AvgIpc) is 2.80. The molecule has 29 heavy (non-hydrogen) atoms. The summed E-state index contributed by atoms with van der Waals surface area (Å²) in [5.41, 5.74) is 0. The molecule has 0 spiro atoms. The van der Waals surface area contributed by atoms with E-state index in [1.165, 1.54) is 24.7 Å². The predicted molar refractivity (Wildman–Crippen MR) is 130 cm³/mol. The van der Waals surface area contributed by atoms with Gasteiger partial charge in [-0.05, 0) is 0 Å². The molecule has 4 rings (SSSR count). The van der Waals surface area contributed by atoms with E-state index < -0.39 is 8.07 Å². The fraction of sp³-hybridized carbons (Fsp3) is 0.200. The van der Waals surface area contributed by atoms with Crippen molar-refractivity contribution in [3.05, 3.63) is 101 Å². The fourth-order valence-electron chi connectivity index (χ4n) is 3.87. The molecule has 1 aliphatic rings. The van der Waals surface area contributed by atoms with Crippen molar-refractivity contribution >= 4 is 53.8 Å². The topological polar surface area (TPSA) is 9.23 Å². The van der Waals surface area contributed by atoms with Crippen LogP contribution in [0.15, 0.2) is 101 Å². The minimum absolute atomic E-state index is 0.297. The first-order valence-electron chi connectivity index (χ1n) is 10.0. The van der Waals surface area contributed by atoms with Crippen LogP contribution in [-0.4, -0.2) is 29.1 Å². The molecule has 3 aromatic carbocycles. The zero-order valence-corrected chi connectivity index (χ0v) is 20.9. The second-order valence-electron chi connectivity index (χ2n) is 7.49. The third-order valence-electron chi connectivity index (χ3n) is 5.55. The number of halogens is 1. The van der Waals surface area contributed by atoms with Crippen LogP contribution in [0.5, 0.6) is 0 Å². The Balaban J connectivity index is 1.65. The fourth-order valence-corrected chi connectivity index (χ4v) is 11.1. The van der Waals surface area contributed by atoms with Crippen molar-refractivity contribution in [2.75, 3.05) is 0 Å². The van der Waals surface area contributed by atoms with Crippen molar-refractivity contribution in [3.8, 4) is 0 Å². The Kier molecular flexibility index (Phi) is 6.76. The van der Waals surface area contributed by atoms with Crippen molar-refractivity contribution in [1.82, 2.24) is 0 Å². The molecule has 1 unspecified atom stereocenters. The molecular weight excluding hydrogens is 503 g/mol. The van der Waals surface area contributed by atoms with Gasteiger partial charge in [0.05, 0.1) is 0 Å². The first-order valence-corrected chi connectivity index (χ1v) is 15.4. The summed E-state index contributed by atoms with van der Waals surface area (Å²) in [5.74, 6) is 0. The van der Waals surface area contributed by atoms with Crippen LogP contribution in [-0.2, 0) is 4.74 Å². The maximum atomic E-state index is 6.80. The summed E-state index contributed by atoms with van der Waals surface area (Å²) in [4.78, 5) is 0. The molecule has 3 aromatic rings. The van der Waals surface area contributed by atoms with E-state index in [0.29, 0.717) is 21.1 Å². The molecule has 0 aliphatic carbocycles. The minimum atomic E-state index is -2.20. The summed E-state index contributed by atoms with van der Waals surface area (Å²) in [6.45, 7) is 2.43. The molecule has 0 saturated carbocycles. The zero-order chi connectivity index (χ0) is 20.1. The van der Waals surface area contributed by atoms with Gasteiger partial charge in [-0.1, -0.05) is 0 Å². The van der Waals surface area contributed by atoms with Crippen molar-refractivity contribution in [3.63, 3.8) is 0 Å². The molecule has 1 nitrogen and oxygen atoms in total. The second-order valence-corrected chi connectivity index (χ2v) is 14.6. The summed E-state index contributed by atoms with van der Waals surface area (Å²) in [5, 5.41) is 5.12. The Bertz CT molecular complexity index is 920. The van der Waals surface area contributed by atoms with Crippen LogP contribution in [0.3, 0.4) is 0 Å². The first kappa shape index (κ1) is 20.7. The average molecular weight is 528 g/mol. The van der Waals surface area contributed by atoms with Crippen LogP contribution < -0.4 is 14.8 Å². The van der Waals surface area contributed by atoms with Crippen LogP contribution in [0.1, 0.15) is 12.8 Å². The van der Waals surface area contributed by atoms with Gasteiger partial charge in [-0.15, -0.1) is 0 Å². The van der Waals surface area contributed by atoms with Gasteiger partial charge in [-0.3, -0.25) is 0 Å². The number of hydrogen-bond donors (Lipinski definition) is 0. The third kappa shape index (κ3) is 4.61. The molecule has 0 fully saturated rings. The molecule has 0 N–H and O–H groups in total. The van der Waals surface area contributed by atoms with E-state index in [0.717, 1.165) is 18.2 Å². The molecular formula is C25H25BrOSeSi. The summed E-state index contributed by atoms with van der Waals surface area (Å²) < 4.78 is 9.51. The number of allylic oxidation sites excluding steroid dienone is 1. The monoisotopic (exact) mass is 528 g/mol. The van der Waals surface area contributed by atoms with Gasteiger partial charge in [-0.2, -0.15) is 0 Å². The Morgan fingerprint density at radius 2 is 1.38 bits per heavy atom. The van der Waals surface area contributed by atoms with Gasteiger partial charge in [0.1, 0.15) is 0 Å². The Morgan fingerprint density at radius 3 is 1.93 bits per heavy atom. The Hall–Kier alpha value is -1.58. The Morgan fingerprint density at radius 1 is 0.862 bits per heavy atom. The van der Waals surface area contributed by atoms with Crippen LogP contribution >= 0.6 is 15.9 Å². The predicted octanol–water partition coefficient (Wildman–Crippen LogP) is 4.65. The molecule has 4 heteroatoms. The molecule has 148 valence electrons. The van der Waals surface area contributed by atoms with E-state index in [9.17, 15) is 0 Å². The van der Waals surface area contributed by atoms with E-state index in [1.807, 2.05) is 0 Å². The van der Waals surface area contributed by atoms with Crippen molar-refractivity contribution in [1.29, 1.82) is 0 Å². The normalized spacial score (nSPS) is 17.1. The van der Waals surface area contributed by atoms with E-state index in [2.05, 4.69) is 113 Å². The summed E-state index contributed by atoms with van der Waals surface area (Å²) >= 11 is 4.35. The quantitative estimate of drug-likeness (QED) is 0.424. The van der Waals surface area contributed by atoms with Crippen molar-refractivity contribution < 1.29 is 4.74 Å². The second kappa shape index (κ2) is 9.48. The van der Waals surface area contributed by atoms with Gasteiger partial charge in [0.2, 0.25) is 0 Å². The van der Waals surface area contributed by atoms with Crippen LogP contribution in [0.4, 0.5) is 0 Å². The zero-order valence-electron chi connectivity index (χ0n) is 16.6. The third-order valence-corrected chi connectivity index (χ3v) is 13.4. The van der Waals surface area contributed by atoms with Crippen molar-refractivity contribution in [2.24, 2.45) is 0 Å². The number of benzene rings is 3. The summed E-state index contributed by atoms with van der Waals surface area (Å²) in [6.07, 6.45) is 2.45. The summed E-state index contributed by atoms with van der Waals surface area (Å²) in [6, 6.07) is 32.7. The Labute approximate surface area is 189 Å². The van der Waals surface area contributed by atoms with Gasteiger partial charge in [0.25, 0.3) is 0 Å². The molecule has 1 aliphatic heterocycles. The van der Waals surface area contributed by atoms with E-state index in [4.69, 9.17) is 4.74 Å². The first-order chi connectivity index (χ1) is 14.2. The summed E-state index contributed by atoms with van der Waals surface area (Å²) in [7, 11) is -2.20. The van der Waals surface area contributed by atoms with Crippen LogP contribution in [0.25, 0.3) is 0 Å². The number of ether oxygens (including phenoxy) is 1. The van der Waals surface area contributed by atoms with Gasteiger partial charge < -0.3 is 0 Å².